The van der Waals surface area contributed by atoms with Gasteiger partial charge in [-0.25, -0.2) is 0 Å². The molecule has 0 spiro atoms. The van der Waals surface area contributed by atoms with Gasteiger partial charge in [0.15, 0.2) is 0 Å². The molecule has 0 unspecified atom stereocenters. The third-order valence-corrected chi connectivity index (χ3v) is 2.80. The number of hydrogen-bond acceptors (Lipinski definition) is 4. The highest BCUT2D eigenvalue weighted by Gasteiger charge is 2.07. The summed E-state index contributed by atoms with van der Waals surface area (Å²) in [4.78, 5) is 14.4. The number of nitrogen functional groups attached to an aromatic ring is 1. The van der Waals surface area contributed by atoms with Crippen LogP contribution < -0.4 is 5.73 Å². The topological polar surface area (TPSA) is 81.5 Å². The van der Waals surface area contributed by atoms with Gasteiger partial charge in [0, 0.05) is 29.6 Å². The molecule has 2 N–H and O–H groups in total. The van der Waals surface area contributed by atoms with Crippen LogP contribution in [0.5, 0.6) is 0 Å². The van der Waals surface area contributed by atoms with Crippen LogP contribution in [0.15, 0.2) is 47.5 Å². The number of rotatable bonds is 3. The molecule has 19 heavy (non-hydrogen) atoms. The molecule has 0 aliphatic carbocycles. The van der Waals surface area contributed by atoms with E-state index in [1.54, 1.807) is 24.3 Å². The van der Waals surface area contributed by atoms with Crippen LogP contribution in [0, 0.1) is 10.1 Å². The van der Waals surface area contributed by atoms with Crippen molar-refractivity contribution >= 4 is 34.9 Å². The Labute approximate surface area is 114 Å². The molecule has 0 bridgehead atoms. The number of para-hydroxylation sites is 1. The van der Waals surface area contributed by atoms with Gasteiger partial charge in [-0.05, 0) is 18.2 Å². The van der Waals surface area contributed by atoms with Gasteiger partial charge >= 0.3 is 0 Å². The minimum Gasteiger partial charge on any atom is -0.398 e. The molecule has 0 aliphatic rings. The zero-order valence-electron chi connectivity index (χ0n) is 9.79. The number of nitro benzene ring substituents is 1. The van der Waals surface area contributed by atoms with Crippen molar-refractivity contribution in [2.24, 2.45) is 4.99 Å². The first kappa shape index (κ1) is 13.0. The number of benzene rings is 2. The third-order valence-electron chi connectivity index (χ3n) is 2.48. The number of nitrogens with two attached hydrogens (primary N) is 1. The predicted octanol–water partition coefficient (Wildman–Crippen LogP) is 3.58. The maximum Gasteiger partial charge on any atom is 0.270 e. The number of hydrogen-bond donors (Lipinski definition) is 1. The molecule has 2 aromatic carbocycles. The van der Waals surface area contributed by atoms with Crippen molar-refractivity contribution in [1.82, 2.24) is 0 Å². The van der Waals surface area contributed by atoms with Crippen LogP contribution >= 0.6 is 11.6 Å². The normalized spacial score (nSPS) is 10.8. The number of anilines is 1. The number of nitrogens with zero attached hydrogens (tertiary/aromatic N) is 2. The average molecular weight is 276 g/mol. The van der Waals surface area contributed by atoms with Crippen LogP contribution in [0.3, 0.4) is 0 Å². The van der Waals surface area contributed by atoms with Crippen LogP contribution in [-0.4, -0.2) is 11.1 Å². The summed E-state index contributed by atoms with van der Waals surface area (Å²) in [6.45, 7) is 0. The van der Waals surface area contributed by atoms with Crippen molar-refractivity contribution in [3.63, 3.8) is 0 Å². The lowest BCUT2D eigenvalue weighted by Crippen LogP contribution is -1.95. The van der Waals surface area contributed by atoms with Crippen molar-refractivity contribution in [3.8, 4) is 0 Å². The fourth-order valence-electron chi connectivity index (χ4n) is 1.48. The average Bonchev–Trinajstić information content (AvgIpc) is 2.39. The molecule has 2 aromatic rings. The number of nitro groups is 1. The summed E-state index contributed by atoms with van der Waals surface area (Å²) in [6, 6.07) is 11.2. The highest BCUT2D eigenvalue weighted by atomic mass is 35.5. The first-order valence-corrected chi connectivity index (χ1v) is 5.78. The van der Waals surface area contributed by atoms with E-state index in [2.05, 4.69) is 4.99 Å². The van der Waals surface area contributed by atoms with E-state index in [1.807, 2.05) is 0 Å². The zero-order chi connectivity index (χ0) is 13.8. The Morgan fingerprint density at radius 1 is 1.26 bits per heavy atom. The first-order valence-electron chi connectivity index (χ1n) is 5.40. The zero-order valence-corrected chi connectivity index (χ0v) is 10.5. The summed E-state index contributed by atoms with van der Waals surface area (Å²) < 4.78 is 0. The molecule has 96 valence electrons. The van der Waals surface area contributed by atoms with Gasteiger partial charge in [0.1, 0.15) is 0 Å². The summed E-state index contributed by atoms with van der Waals surface area (Å²) in [6.07, 6.45) is 1.46. The van der Waals surface area contributed by atoms with Gasteiger partial charge in [-0.15, -0.1) is 0 Å². The van der Waals surface area contributed by atoms with Crippen LogP contribution in [-0.2, 0) is 0 Å². The van der Waals surface area contributed by atoms with E-state index in [-0.39, 0.29) is 5.69 Å². The molecule has 0 saturated carbocycles. The van der Waals surface area contributed by atoms with Crippen LogP contribution in [0.2, 0.25) is 5.02 Å². The van der Waals surface area contributed by atoms with E-state index in [1.165, 1.54) is 24.4 Å². The third kappa shape index (κ3) is 3.08. The molecule has 0 heterocycles. The molecule has 0 aliphatic heterocycles. The molecule has 0 aromatic heterocycles. The molecule has 0 radical (unpaired) electrons. The van der Waals surface area contributed by atoms with E-state index in [4.69, 9.17) is 17.3 Å². The van der Waals surface area contributed by atoms with Gasteiger partial charge in [0.2, 0.25) is 0 Å². The molecular formula is C13H10ClN3O2. The molecule has 0 atom stereocenters. The maximum atomic E-state index is 10.7. The van der Waals surface area contributed by atoms with Crippen molar-refractivity contribution < 1.29 is 4.92 Å². The summed E-state index contributed by atoms with van der Waals surface area (Å²) >= 11 is 5.96. The molecule has 2 rings (SSSR count). The molecule has 5 nitrogen and oxygen atoms in total. The van der Waals surface area contributed by atoms with E-state index in [9.17, 15) is 10.1 Å². The van der Waals surface area contributed by atoms with E-state index >= 15 is 0 Å². The number of non-ortho nitro benzene ring substituents is 1. The van der Waals surface area contributed by atoms with Crippen molar-refractivity contribution in [2.75, 3.05) is 5.73 Å². The van der Waals surface area contributed by atoms with Gasteiger partial charge in [-0.3, -0.25) is 15.1 Å². The standard InChI is InChI=1S/C13H10ClN3O2/c14-11-3-1-2-4-13(11)16-8-9-7-10(17(18)19)5-6-12(9)15/h1-8H,15H2. The van der Waals surface area contributed by atoms with Gasteiger partial charge in [-0.2, -0.15) is 0 Å². The Morgan fingerprint density at radius 3 is 2.68 bits per heavy atom. The van der Waals surface area contributed by atoms with Crippen LogP contribution in [0.4, 0.5) is 17.1 Å². The van der Waals surface area contributed by atoms with Gasteiger partial charge in [-0.1, -0.05) is 23.7 Å². The lowest BCUT2D eigenvalue weighted by molar-refractivity contribution is -0.384. The fourth-order valence-corrected chi connectivity index (χ4v) is 1.67. The SMILES string of the molecule is Nc1ccc([N+](=O)[O-])cc1C=Nc1ccccc1Cl. The summed E-state index contributed by atoms with van der Waals surface area (Å²) in [5.41, 5.74) is 7.19. The summed E-state index contributed by atoms with van der Waals surface area (Å²) in [5, 5.41) is 11.2. The minimum atomic E-state index is -0.480. The van der Waals surface area contributed by atoms with E-state index < -0.39 is 4.92 Å². The van der Waals surface area contributed by atoms with Crippen LogP contribution in [0.1, 0.15) is 5.56 Å². The predicted molar refractivity (Wildman–Crippen MR) is 76.2 cm³/mol. The van der Waals surface area contributed by atoms with Crippen LogP contribution in [0.25, 0.3) is 0 Å². The fraction of sp³-hybridized carbons (Fsp3) is 0. The quantitative estimate of drug-likeness (QED) is 0.402. The highest BCUT2D eigenvalue weighted by molar-refractivity contribution is 6.33. The summed E-state index contributed by atoms with van der Waals surface area (Å²) in [7, 11) is 0. The largest absolute Gasteiger partial charge is 0.398 e. The van der Waals surface area contributed by atoms with Crippen molar-refractivity contribution in [2.45, 2.75) is 0 Å². The van der Waals surface area contributed by atoms with Crippen molar-refractivity contribution in [3.05, 3.63) is 63.2 Å². The second kappa shape index (κ2) is 5.49. The Bertz CT molecular complexity index is 656. The first-order chi connectivity index (χ1) is 9.08. The molecule has 0 fully saturated rings. The highest BCUT2D eigenvalue weighted by Crippen LogP contribution is 2.24. The smallest absolute Gasteiger partial charge is 0.270 e. The summed E-state index contributed by atoms with van der Waals surface area (Å²) in [5.74, 6) is 0. The van der Waals surface area contributed by atoms with Crippen molar-refractivity contribution in [1.29, 1.82) is 0 Å². The second-order valence-corrected chi connectivity index (χ2v) is 4.19. The lowest BCUT2D eigenvalue weighted by Gasteiger charge is -2.00. The molecule has 0 saturated heterocycles. The Balaban J connectivity index is 2.35. The monoisotopic (exact) mass is 275 g/mol. The molecular weight excluding hydrogens is 266 g/mol. The molecule has 6 heteroatoms. The lowest BCUT2D eigenvalue weighted by atomic mass is 10.2. The Morgan fingerprint density at radius 2 is 2.00 bits per heavy atom. The second-order valence-electron chi connectivity index (χ2n) is 3.78. The van der Waals surface area contributed by atoms with Gasteiger partial charge < -0.3 is 5.73 Å². The number of aliphatic imine (C=N–C) groups is 1. The Hall–Kier alpha value is -2.40. The van der Waals surface area contributed by atoms with Gasteiger partial charge in [0.05, 0.1) is 15.6 Å². The Kier molecular flexibility index (Phi) is 3.77. The van der Waals surface area contributed by atoms with E-state index in [0.717, 1.165) is 0 Å². The maximum absolute atomic E-state index is 10.7. The van der Waals surface area contributed by atoms with Gasteiger partial charge in [0.25, 0.3) is 5.69 Å². The molecule has 0 amide bonds. The minimum absolute atomic E-state index is 0.0326. The van der Waals surface area contributed by atoms with E-state index in [0.29, 0.717) is 22.0 Å². The number of halogens is 1.